The van der Waals surface area contributed by atoms with Crippen LogP contribution in [-0.4, -0.2) is 15.1 Å². The Morgan fingerprint density at radius 3 is 2.93 bits per heavy atom. The second-order valence-corrected chi connectivity index (χ2v) is 2.76. The monoisotopic (exact) mass is 190 g/mol. The lowest BCUT2D eigenvalue weighted by molar-refractivity contribution is -0.384. The maximum atomic E-state index is 10.5. The first kappa shape index (κ1) is 8.36. The van der Waals surface area contributed by atoms with Crippen molar-refractivity contribution in [1.82, 2.24) is 10.2 Å². The van der Waals surface area contributed by atoms with Crippen LogP contribution in [0, 0.1) is 10.1 Å². The maximum absolute atomic E-state index is 10.5. The fraction of sp³-hybridized carbons (Fsp3) is 0. The standard InChI is InChI=1S/C8H6N4O2/c9-8-7-3-6(12(13)14)2-1-5(7)4-10-11-8/h1-4H,(H2,9,11). The molecule has 0 amide bonds. The summed E-state index contributed by atoms with van der Waals surface area (Å²) in [6, 6.07) is 4.39. The molecular formula is C8H6N4O2. The third kappa shape index (κ3) is 1.22. The van der Waals surface area contributed by atoms with E-state index in [0.29, 0.717) is 5.39 Å². The van der Waals surface area contributed by atoms with Crippen LogP contribution in [-0.2, 0) is 0 Å². The largest absolute Gasteiger partial charge is 0.382 e. The van der Waals surface area contributed by atoms with Gasteiger partial charge in [-0.25, -0.2) is 0 Å². The van der Waals surface area contributed by atoms with Gasteiger partial charge in [0.1, 0.15) is 0 Å². The van der Waals surface area contributed by atoms with Crippen LogP contribution in [0.1, 0.15) is 0 Å². The van der Waals surface area contributed by atoms with Gasteiger partial charge in [-0.2, -0.15) is 5.10 Å². The molecule has 1 aromatic heterocycles. The van der Waals surface area contributed by atoms with Gasteiger partial charge in [0, 0.05) is 22.9 Å². The zero-order chi connectivity index (χ0) is 10.1. The number of benzene rings is 1. The summed E-state index contributed by atoms with van der Waals surface area (Å²) in [4.78, 5) is 10.0. The quantitative estimate of drug-likeness (QED) is 0.537. The van der Waals surface area contributed by atoms with Crippen LogP contribution in [0.3, 0.4) is 0 Å². The number of nitrogen functional groups attached to an aromatic ring is 1. The zero-order valence-electron chi connectivity index (χ0n) is 7.04. The predicted octanol–water partition coefficient (Wildman–Crippen LogP) is 1.12. The fourth-order valence-corrected chi connectivity index (χ4v) is 1.20. The Labute approximate surface area is 78.5 Å². The highest BCUT2D eigenvalue weighted by Crippen LogP contribution is 2.22. The van der Waals surface area contributed by atoms with Crippen LogP contribution in [0.25, 0.3) is 10.8 Å². The molecule has 2 aromatic rings. The third-order valence-corrected chi connectivity index (χ3v) is 1.89. The molecule has 0 aliphatic rings. The van der Waals surface area contributed by atoms with Crippen molar-refractivity contribution in [2.75, 3.05) is 5.73 Å². The molecular weight excluding hydrogens is 184 g/mol. The highest BCUT2D eigenvalue weighted by Gasteiger charge is 2.08. The molecule has 1 heterocycles. The van der Waals surface area contributed by atoms with E-state index >= 15 is 0 Å². The molecule has 0 fully saturated rings. The van der Waals surface area contributed by atoms with E-state index in [1.54, 1.807) is 6.07 Å². The molecule has 6 heteroatoms. The number of nitrogens with zero attached hydrogens (tertiary/aromatic N) is 3. The Balaban J connectivity index is 2.76. The van der Waals surface area contributed by atoms with E-state index < -0.39 is 4.92 Å². The minimum atomic E-state index is -0.473. The molecule has 14 heavy (non-hydrogen) atoms. The van der Waals surface area contributed by atoms with E-state index in [4.69, 9.17) is 5.73 Å². The first-order valence-electron chi connectivity index (χ1n) is 3.84. The number of hydrogen-bond acceptors (Lipinski definition) is 5. The molecule has 2 N–H and O–H groups in total. The third-order valence-electron chi connectivity index (χ3n) is 1.89. The molecule has 0 unspecified atom stereocenters. The number of rotatable bonds is 1. The minimum absolute atomic E-state index is 0.00259. The number of nitrogens with two attached hydrogens (primary N) is 1. The van der Waals surface area contributed by atoms with Crippen LogP contribution in [0.4, 0.5) is 11.5 Å². The number of aromatic nitrogens is 2. The topological polar surface area (TPSA) is 94.9 Å². The number of nitro groups is 1. The Bertz CT molecular complexity index is 512. The Morgan fingerprint density at radius 1 is 1.43 bits per heavy atom. The van der Waals surface area contributed by atoms with Crippen LogP contribution >= 0.6 is 0 Å². The van der Waals surface area contributed by atoms with Crippen molar-refractivity contribution in [3.05, 3.63) is 34.5 Å². The number of non-ortho nitro benzene ring substituents is 1. The first-order valence-corrected chi connectivity index (χ1v) is 3.84. The fourth-order valence-electron chi connectivity index (χ4n) is 1.20. The summed E-state index contributed by atoms with van der Waals surface area (Å²) < 4.78 is 0. The minimum Gasteiger partial charge on any atom is -0.382 e. The molecule has 6 nitrogen and oxygen atoms in total. The molecule has 2 rings (SSSR count). The lowest BCUT2D eigenvalue weighted by atomic mass is 10.2. The lowest BCUT2D eigenvalue weighted by Gasteiger charge is -1.98. The summed E-state index contributed by atoms with van der Waals surface area (Å²) in [5.41, 5.74) is 5.53. The number of hydrogen-bond donors (Lipinski definition) is 1. The molecule has 0 aliphatic carbocycles. The molecule has 1 aromatic carbocycles. The summed E-state index contributed by atoms with van der Waals surface area (Å²) >= 11 is 0. The van der Waals surface area contributed by atoms with Crippen molar-refractivity contribution in [2.45, 2.75) is 0 Å². The highest BCUT2D eigenvalue weighted by atomic mass is 16.6. The van der Waals surface area contributed by atoms with Gasteiger partial charge in [-0.05, 0) is 6.07 Å². The van der Waals surface area contributed by atoms with Gasteiger partial charge < -0.3 is 5.73 Å². The summed E-state index contributed by atoms with van der Waals surface area (Å²) in [5, 5.41) is 19.0. The van der Waals surface area contributed by atoms with Crippen LogP contribution < -0.4 is 5.73 Å². The highest BCUT2D eigenvalue weighted by molar-refractivity contribution is 5.91. The van der Waals surface area contributed by atoms with Crippen LogP contribution in [0.5, 0.6) is 0 Å². The van der Waals surface area contributed by atoms with Crippen molar-refractivity contribution < 1.29 is 4.92 Å². The molecule has 0 spiro atoms. The normalized spacial score (nSPS) is 10.3. The summed E-state index contributed by atoms with van der Waals surface area (Å²) in [6.45, 7) is 0. The molecule has 0 atom stereocenters. The Hall–Kier alpha value is -2.24. The summed E-state index contributed by atoms with van der Waals surface area (Å²) in [7, 11) is 0. The van der Waals surface area contributed by atoms with Crippen LogP contribution in [0.2, 0.25) is 0 Å². The van der Waals surface area contributed by atoms with E-state index in [2.05, 4.69) is 10.2 Å². The van der Waals surface area contributed by atoms with Gasteiger partial charge >= 0.3 is 0 Å². The van der Waals surface area contributed by atoms with Crippen molar-refractivity contribution in [1.29, 1.82) is 0 Å². The van der Waals surface area contributed by atoms with Gasteiger partial charge in [-0.1, -0.05) is 0 Å². The molecule has 0 radical (unpaired) electrons. The molecule has 0 saturated heterocycles. The molecule has 0 saturated carbocycles. The smallest absolute Gasteiger partial charge is 0.270 e. The summed E-state index contributed by atoms with van der Waals surface area (Å²) in [5.74, 6) is 0.200. The second kappa shape index (κ2) is 2.91. The van der Waals surface area contributed by atoms with Crippen molar-refractivity contribution in [3.63, 3.8) is 0 Å². The Morgan fingerprint density at radius 2 is 2.21 bits per heavy atom. The summed E-state index contributed by atoms with van der Waals surface area (Å²) in [6.07, 6.45) is 1.51. The molecule has 70 valence electrons. The van der Waals surface area contributed by atoms with E-state index in [9.17, 15) is 10.1 Å². The number of nitro benzene ring substituents is 1. The lowest BCUT2D eigenvalue weighted by Crippen LogP contribution is -1.95. The average molecular weight is 190 g/mol. The van der Waals surface area contributed by atoms with Gasteiger partial charge in [0.2, 0.25) is 0 Å². The average Bonchev–Trinajstić information content (AvgIpc) is 2.18. The van der Waals surface area contributed by atoms with Gasteiger partial charge in [0.05, 0.1) is 11.1 Å². The number of anilines is 1. The van der Waals surface area contributed by atoms with Gasteiger partial charge in [-0.3, -0.25) is 10.1 Å². The second-order valence-electron chi connectivity index (χ2n) is 2.76. The number of fused-ring (bicyclic) bond motifs is 1. The van der Waals surface area contributed by atoms with E-state index in [1.165, 1.54) is 18.3 Å². The van der Waals surface area contributed by atoms with E-state index in [-0.39, 0.29) is 11.5 Å². The molecule has 0 aliphatic heterocycles. The van der Waals surface area contributed by atoms with Gasteiger partial charge in [0.15, 0.2) is 5.82 Å². The zero-order valence-corrected chi connectivity index (χ0v) is 7.04. The Kier molecular flexibility index (Phi) is 1.74. The van der Waals surface area contributed by atoms with Crippen molar-refractivity contribution in [3.8, 4) is 0 Å². The van der Waals surface area contributed by atoms with E-state index in [0.717, 1.165) is 5.39 Å². The molecule has 0 bridgehead atoms. The van der Waals surface area contributed by atoms with E-state index in [1.807, 2.05) is 0 Å². The SMILES string of the molecule is Nc1nncc2ccc([N+](=O)[O-])cc12. The van der Waals surface area contributed by atoms with Crippen LogP contribution in [0.15, 0.2) is 24.4 Å². The maximum Gasteiger partial charge on any atom is 0.270 e. The first-order chi connectivity index (χ1) is 6.68. The van der Waals surface area contributed by atoms with Gasteiger partial charge in [-0.15, -0.1) is 5.10 Å². The van der Waals surface area contributed by atoms with Crippen molar-refractivity contribution in [2.24, 2.45) is 0 Å². The van der Waals surface area contributed by atoms with Gasteiger partial charge in [0.25, 0.3) is 5.69 Å². The van der Waals surface area contributed by atoms with Crippen molar-refractivity contribution >= 4 is 22.3 Å². The predicted molar refractivity (Wildman–Crippen MR) is 50.6 cm³/mol.